The predicted octanol–water partition coefficient (Wildman–Crippen LogP) is 2.92. The van der Waals surface area contributed by atoms with E-state index in [1.54, 1.807) is 18.2 Å². The van der Waals surface area contributed by atoms with Crippen molar-refractivity contribution < 1.29 is 4.79 Å². The minimum absolute atomic E-state index is 0.314. The van der Waals surface area contributed by atoms with Crippen molar-refractivity contribution in [2.75, 3.05) is 0 Å². The maximum absolute atomic E-state index is 12.9. The van der Waals surface area contributed by atoms with Gasteiger partial charge in [0.05, 0.1) is 15.9 Å². The highest BCUT2D eigenvalue weighted by Crippen LogP contribution is 2.20. The number of fused-ring (bicyclic) bond motifs is 1. The Morgan fingerprint density at radius 3 is 2.46 bits per heavy atom. The molecule has 0 unspecified atom stereocenters. The van der Waals surface area contributed by atoms with Gasteiger partial charge in [-0.05, 0) is 39.3 Å². The van der Waals surface area contributed by atoms with Crippen molar-refractivity contribution in [2.45, 2.75) is 65.6 Å². The van der Waals surface area contributed by atoms with Crippen LogP contribution in [0.15, 0.2) is 27.8 Å². The highest BCUT2D eigenvalue weighted by atomic mass is 35.5. The number of amides is 1. The molecule has 0 fully saturated rings. The molecule has 7 heteroatoms. The molecule has 1 N–H and O–H groups in total. The van der Waals surface area contributed by atoms with Gasteiger partial charge in [-0.15, -0.1) is 0 Å². The van der Waals surface area contributed by atoms with E-state index in [1.807, 2.05) is 20.8 Å². The van der Waals surface area contributed by atoms with Crippen LogP contribution >= 0.6 is 11.6 Å². The standard InChI is InChI=1S/C19H26ClN3O3/c1-5-6-7-11-22-16-13(9-8-10-14(16)20)17(25)23(18(22)26)12-15(24)21-19(2,3)4/h8-10H,5-7,11-12H2,1-4H3,(H,21,24). The number of carbonyl (C=O) groups excluding carboxylic acids is 1. The molecule has 1 heterocycles. The Labute approximate surface area is 157 Å². The topological polar surface area (TPSA) is 73.1 Å². The zero-order chi connectivity index (χ0) is 19.5. The molecule has 0 saturated heterocycles. The Kier molecular flexibility index (Phi) is 6.29. The third-order valence-electron chi connectivity index (χ3n) is 4.00. The summed E-state index contributed by atoms with van der Waals surface area (Å²) in [6, 6.07) is 4.97. The number of hydrogen-bond donors (Lipinski definition) is 1. The largest absolute Gasteiger partial charge is 0.350 e. The normalized spacial score (nSPS) is 11.7. The van der Waals surface area contributed by atoms with Crippen LogP contribution in [0.3, 0.4) is 0 Å². The molecule has 0 saturated carbocycles. The Morgan fingerprint density at radius 2 is 1.85 bits per heavy atom. The molecule has 26 heavy (non-hydrogen) atoms. The van der Waals surface area contributed by atoms with Gasteiger partial charge in [-0.3, -0.25) is 18.7 Å². The first-order valence-electron chi connectivity index (χ1n) is 8.88. The first kappa shape index (κ1) is 20.2. The second-order valence-corrected chi connectivity index (χ2v) is 7.87. The third kappa shape index (κ3) is 4.55. The van der Waals surface area contributed by atoms with Gasteiger partial charge in [-0.25, -0.2) is 4.79 Å². The molecular weight excluding hydrogens is 354 g/mol. The van der Waals surface area contributed by atoms with E-state index >= 15 is 0 Å². The van der Waals surface area contributed by atoms with E-state index in [-0.39, 0.29) is 12.5 Å². The summed E-state index contributed by atoms with van der Waals surface area (Å²) in [5.41, 5.74) is -1.01. The number of unbranched alkanes of at least 4 members (excludes halogenated alkanes) is 2. The number of nitrogens with zero attached hydrogens (tertiary/aromatic N) is 2. The van der Waals surface area contributed by atoms with Crippen molar-refractivity contribution in [3.63, 3.8) is 0 Å². The van der Waals surface area contributed by atoms with Gasteiger partial charge >= 0.3 is 5.69 Å². The number of para-hydroxylation sites is 1. The molecular formula is C19H26ClN3O3. The number of hydrogen-bond acceptors (Lipinski definition) is 3. The van der Waals surface area contributed by atoms with Gasteiger partial charge in [0.15, 0.2) is 0 Å². The molecule has 1 aromatic heterocycles. The van der Waals surface area contributed by atoms with E-state index in [4.69, 9.17) is 11.6 Å². The summed E-state index contributed by atoms with van der Waals surface area (Å²) in [4.78, 5) is 38.0. The molecule has 0 spiro atoms. The minimum Gasteiger partial charge on any atom is -0.350 e. The van der Waals surface area contributed by atoms with Crippen LogP contribution in [0.1, 0.15) is 47.0 Å². The van der Waals surface area contributed by atoms with Crippen LogP contribution in [0.2, 0.25) is 5.02 Å². The van der Waals surface area contributed by atoms with Crippen molar-refractivity contribution in [3.05, 3.63) is 44.1 Å². The van der Waals surface area contributed by atoms with Gasteiger partial charge in [0, 0.05) is 12.1 Å². The molecule has 0 aliphatic heterocycles. The van der Waals surface area contributed by atoms with E-state index in [0.717, 1.165) is 23.8 Å². The summed E-state index contributed by atoms with van der Waals surface area (Å²) in [5.74, 6) is -0.377. The zero-order valence-corrected chi connectivity index (χ0v) is 16.5. The fourth-order valence-electron chi connectivity index (χ4n) is 2.90. The lowest BCUT2D eigenvalue weighted by molar-refractivity contribution is -0.123. The Bertz CT molecular complexity index is 922. The smallest absolute Gasteiger partial charge is 0.332 e. The van der Waals surface area contributed by atoms with Crippen LogP contribution in [0.25, 0.3) is 10.9 Å². The molecule has 142 valence electrons. The van der Waals surface area contributed by atoms with Crippen molar-refractivity contribution in [2.24, 2.45) is 0 Å². The minimum atomic E-state index is -0.504. The maximum atomic E-state index is 12.9. The first-order chi connectivity index (χ1) is 12.2. The van der Waals surface area contributed by atoms with Crippen molar-refractivity contribution in [1.82, 2.24) is 14.5 Å². The second-order valence-electron chi connectivity index (χ2n) is 7.47. The average Bonchev–Trinajstić information content (AvgIpc) is 2.53. The summed E-state index contributed by atoms with van der Waals surface area (Å²) in [6.45, 7) is 7.75. The Hall–Kier alpha value is -2.08. The monoisotopic (exact) mass is 379 g/mol. The van der Waals surface area contributed by atoms with E-state index in [1.165, 1.54) is 4.57 Å². The van der Waals surface area contributed by atoms with Crippen LogP contribution in [-0.2, 0) is 17.9 Å². The SMILES string of the molecule is CCCCCn1c(=O)n(CC(=O)NC(C)(C)C)c(=O)c2cccc(Cl)c21. The first-order valence-corrected chi connectivity index (χ1v) is 9.26. The average molecular weight is 380 g/mol. The van der Waals surface area contributed by atoms with E-state index in [2.05, 4.69) is 12.2 Å². The van der Waals surface area contributed by atoms with Gasteiger partial charge in [0.1, 0.15) is 6.54 Å². The lowest BCUT2D eigenvalue weighted by atomic mass is 10.1. The lowest BCUT2D eigenvalue weighted by Crippen LogP contribution is -2.47. The number of nitrogens with one attached hydrogen (secondary N) is 1. The number of halogens is 1. The summed E-state index contributed by atoms with van der Waals surface area (Å²) < 4.78 is 2.50. The van der Waals surface area contributed by atoms with Gasteiger partial charge in [0.25, 0.3) is 5.56 Å². The molecule has 6 nitrogen and oxygen atoms in total. The van der Waals surface area contributed by atoms with Gasteiger partial charge < -0.3 is 5.32 Å². The molecule has 0 atom stereocenters. The highest BCUT2D eigenvalue weighted by Gasteiger charge is 2.19. The molecule has 2 aromatic rings. The van der Waals surface area contributed by atoms with Crippen LogP contribution < -0.4 is 16.6 Å². The van der Waals surface area contributed by atoms with Crippen LogP contribution in [-0.4, -0.2) is 20.6 Å². The summed E-state index contributed by atoms with van der Waals surface area (Å²) >= 11 is 6.28. The molecule has 0 radical (unpaired) electrons. The quantitative estimate of drug-likeness (QED) is 0.784. The zero-order valence-electron chi connectivity index (χ0n) is 15.8. The summed E-state index contributed by atoms with van der Waals surface area (Å²) in [6.07, 6.45) is 2.76. The predicted molar refractivity (Wildman–Crippen MR) is 105 cm³/mol. The van der Waals surface area contributed by atoms with E-state index in [0.29, 0.717) is 22.5 Å². The Morgan fingerprint density at radius 1 is 1.15 bits per heavy atom. The molecule has 0 aliphatic carbocycles. The van der Waals surface area contributed by atoms with Crippen LogP contribution in [0.4, 0.5) is 0 Å². The van der Waals surface area contributed by atoms with Gasteiger partial charge in [-0.1, -0.05) is 37.4 Å². The number of carbonyl (C=O) groups is 1. The maximum Gasteiger partial charge on any atom is 0.332 e. The highest BCUT2D eigenvalue weighted by molar-refractivity contribution is 6.35. The molecule has 0 aliphatic rings. The van der Waals surface area contributed by atoms with Gasteiger partial charge in [-0.2, -0.15) is 0 Å². The fourth-order valence-corrected chi connectivity index (χ4v) is 3.18. The Balaban J connectivity index is 2.59. The van der Waals surface area contributed by atoms with Crippen molar-refractivity contribution in [3.8, 4) is 0 Å². The van der Waals surface area contributed by atoms with E-state index in [9.17, 15) is 14.4 Å². The second kappa shape index (κ2) is 8.08. The summed E-state index contributed by atoms with van der Waals surface area (Å²) in [7, 11) is 0. The van der Waals surface area contributed by atoms with Crippen molar-refractivity contribution >= 4 is 28.4 Å². The number of rotatable bonds is 6. The van der Waals surface area contributed by atoms with Crippen molar-refractivity contribution in [1.29, 1.82) is 0 Å². The molecule has 1 aromatic carbocycles. The summed E-state index contributed by atoms with van der Waals surface area (Å²) in [5, 5.41) is 3.49. The number of aromatic nitrogens is 2. The molecule has 0 bridgehead atoms. The lowest BCUT2D eigenvalue weighted by Gasteiger charge is -2.21. The molecule has 2 rings (SSSR count). The van der Waals surface area contributed by atoms with Crippen LogP contribution in [0, 0.1) is 0 Å². The number of aryl methyl sites for hydroxylation is 1. The van der Waals surface area contributed by atoms with Gasteiger partial charge in [0.2, 0.25) is 5.91 Å². The molecule has 1 amide bonds. The number of benzene rings is 1. The van der Waals surface area contributed by atoms with E-state index < -0.39 is 16.8 Å². The fraction of sp³-hybridized carbons (Fsp3) is 0.526. The van der Waals surface area contributed by atoms with Crippen LogP contribution in [0.5, 0.6) is 0 Å². The third-order valence-corrected chi connectivity index (χ3v) is 4.30.